The number of rotatable bonds is 7. The highest BCUT2D eigenvalue weighted by atomic mass is 16.5. The minimum absolute atomic E-state index is 0.00872. The van der Waals surface area contributed by atoms with Crippen LogP contribution in [0.2, 0.25) is 0 Å². The minimum Gasteiger partial charge on any atom is -0.423 e. The summed E-state index contributed by atoms with van der Waals surface area (Å²) in [6, 6.07) is -0.410. The van der Waals surface area contributed by atoms with Gasteiger partial charge in [0.25, 0.3) is 0 Å². The first-order valence-corrected chi connectivity index (χ1v) is 8.47. The van der Waals surface area contributed by atoms with Crippen LogP contribution in [0.15, 0.2) is 4.42 Å². The average molecular weight is 336 g/mol. The van der Waals surface area contributed by atoms with Crippen LogP contribution in [0.3, 0.4) is 0 Å². The van der Waals surface area contributed by atoms with Gasteiger partial charge in [-0.05, 0) is 12.3 Å². The van der Waals surface area contributed by atoms with Gasteiger partial charge in [0.1, 0.15) is 12.6 Å². The number of nitrogens with one attached hydrogen (secondary N) is 1. The summed E-state index contributed by atoms with van der Waals surface area (Å²) in [4.78, 5) is 25.7. The zero-order chi connectivity index (χ0) is 17.1. The van der Waals surface area contributed by atoms with E-state index < -0.39 is 6.04 Å². The van der Waals surface area contributed by atoms with Gasteiger partial charge in [-0.3, -0.25) is 9.59 Å². The van der Waals surface area contributed by atoms with E-state index in [1.807, 2.05) is 0 Å². The molecule has 0 spiro atoms. The van der Waals surface area contributed by atoms with Crippen molar-refractivity contribution in [1.82, 2.24) is 20.4 Å². The summed E-state index contributed by atoms with van der Waals surface area (Å²) in [5, 5.41) is 10.4. The van der Waals surface area contributed by atoms with Gasteiger partial charge < -0.3 is 19.4 Å². The van der Waals surface area contributed by atoms with E-state index in [1.165, 1.54) is 13.3 Å². The highest BCUT2D eigenvalue weighted by molar-refractivity contribution is 5.87. The van der Waals surface area contributed by atoms with Crippen LogP contribution in [-0.4, -0.2) is 52.1 Å². The number of carbonyl (C=O) groups excluding carboxylic acids is 2. The molecule has 1 N–H and O–H groups in total. The fourth-order valence-electron chi connectivity index (χ4n) is 3.06. The van der Waals surface area contributed by atoms with Crippen molar-refractivity contribution in [2.24, 2.45) is 5.92 Å². The molecular formula is C16H24N4O4. The summed E-state index contributed by atoms with van der Waals surface area (Å²) in [6.07, 6.45) is 4.24. The first-order valence-electron chi connectivity index (χ1n) is 8.47. The molecule has 8 nitrogen and oxygen atoms in total. The fraction of sp³-hybridized carbons (Fsp3) is 0.750. The molecule has 3 rings (SSSR count). The summed E-state index contributed by atoms with van der Waals surface area (Å²) in [5.41, 5.74) is 0. The van der Waals surface area contributed by atoms with Gasteiger partial charge in [0.05, 0.1) is 6.10 Å². The van der Waals surface area contributed by atoms with Crippen molar-refractivity contribution >= 4 is 11.8 Å². The van der Waals surface area contributed by atoms with Crippen molar-refractivity contribution in [3.8, 4) is 0 Å². The Labute approximate surface area is 140 Å². The summed E-state index contributed by atoms with van der Waals surface area (Å²) >= 11 is 0. The van der Waals surface area contributed by atoms with E-state index in [0.29, 0.717) is 30.8 Å². The van der Waals surface area contributed by atoms with Crippen LogP contribution >= 0.6 is 0 Å². The number of aryl methyl sites for hydroxylation is 1. The Morgan fingerprint density at radius 2 is 2.12 bits per heavy atom. The third-order valence-electron chi connectivity index (χ3n) is 4.64. The number of hydrogen-bond donors (Lipinski definition) is 1. The van der Waals surface area contributed by atoms with Crippen molar-refractivity contribution in [2.75, 3.05) is 13.1 Å². The Balaban J connectivity index is 1.43. The van der Waals surface area contributed by atoms with E-state index in [4.69, 9.17) is 9.15 Å². The van der Waals surface area contributed by atoms with Gasteiger partial charge in [0, 0.05) is 26.9 Å². The first-order chi connectivity index (χ1) is 11.5. The molecule has 24 heavy (non-hydrogen) atoms. The van der Waals surface area contributed by atoms with Crippen LogP contribution in [0, 0.1) is 12.8 Å². The zero-order valence-electron chi connectivity index (χ0n) is 14.2. The van der Waals surface area contributed by atoms with Gasteiger partial charge in [-0.25, -0.2) is 0 Å². The molecule has 1 aromatic heterocycles. The van der Waals surface area contributed by atoms with Gasteiger partial charge in [-0.2, -0.15) is 0 Å². The van der Waals surface area contributed by atoms with Crippen molar-refractivity contribution < 1.29 is 18.7 Å². The molecular weight excluding hydrogens is 312 g/mol. The number of ether oxygens (including phenoxy) is 1. The van der Waals surface area contributed by atoms with Crippen LogP contribution in [0.1, 0.15) is 44.4 Å². The molecule has 1 atom stereocenters. The number of nitrogens with zero attached hydrogens (tertiary/aromatic N) is 3. The van der Waals surface area contributed by atoms with Gasteiger partial charge in [-0.15, -0.1) is 10.2 Å². The molecule has 1 saturated heterocycles. The lowest BCUT2D eigenvalue weighted by atomic mass is 9.80. The molecule has 0 aromatic carbocycles. The maximum absolute atomic E-state index is 12.6. The molecule has 1 aliphatic carbocycles. The van der Waals surface area contributed by atoms with E-state index in [1.54, 1.807) is 11.8 Å². The first kappa shape index (κ1) is 16.9. The van der Waals surface area contributed by atoms with E-state index in [2.05, 4.69) is 15.5 Å². The normalized spacial score (nSPS) is 19.5. The molecule has 132 valence electrons. The third kappa shape index (κ3) is 4.11. The molecule has 8 heteroatoms. The Morgan fingerprint density at radius 3 is 2.67 bits per heavy atom. The van der Waals surface area contributed by atoms with Crippen molar-refractivity contribution in [2.45, 2.75) is 58.3 Å². The Kier molecular flexibility index (Phi) is 5.13. The predicted molar refractivity (Wildman–Crippen MR) is 83.8 cm³/mol. The molecule has 1 saturated carbocycles. The van der Waals surface area contributed by atoms with Gasteiger partial charge in [-0.1, -0.05) is 19.3 Å². The number of aromatic nitrogens is 2. The van der Waals surface area contributed by atoms with E-state index in [0.717, 1.165) is 19.3 Å². The molecule has 2 fully saturated rings. The van der Waals surface area contributed by atoms with Crippen molar-refractivity contribution in [3.05, 3.63) is 11.8 Å². The second kappa shape index (κ2) is 7.29. The SMILES string of the molecule is CC(=O)N[C@H](CC1CCC1)C(=O)N1CC(OCc2nnc(C)o2)C1. The van der Waals surface area contributed by atoms with Crippen LogP contribution in [0.25, 0.3) is 0 Å². The number of hydrogen-bond acceptors (Lipinski definition) is 6. The molecule has 1 aliphatic heterocycles. The lowest BCUT2D eigenvalue weighted by molar-refractivity contribution is -0.150. The topological polar surface area (TPSA) is 97.6 Å². The number of likely N-dealkylation sites (tertiary alicyclic amines) is 1. The molecule has 0 radical (unpaired) electrons. The van der Waals surface area contributed by atoms with Gasteiger partial charge in [0.15, 0.2) is 0 Å². The average Bonchev–Trinajstić information content (AvgIpc) is 2.84. The van der Waals surface area contributed by atoms with Gasteiger partial charge >= 0.3 is 0 Å². The quantitative estimate of drug-likeness (QED) is 0.791. The summed E-state index contributed by atoms with van der Waals surface area (Å²) in [5.74, 6) is 1.34. The van der Waals surface area contributed by atoms with Gasteiger partial charge in [0.2, 0.25) is 23.6 Å². The predicted octanol–water partition coefficient (Wildman–Crippen LogP) is 0.800. The molecule has 2 heterocycles. The molecule has 1 aromatic rings. The second-order valence-electron chi connectivity index (χ2n) is 6.68. The Morgan fingerprint density at radius 1 is 1.38 bits per heavy atom. The van der Waals surface area contributed by atoms with E-state index >= 15 is 0 Å². The molecule has 0 unspecified atom stereocenters. The van der Waals surface area contributed by atoms with Crippen molar-refractivity contribution in [1.29, 1.82) is 0 Å². The maximum atomic E-state index is 12.6. The van der Waals surface area contributed by atoms with E-state index in [-0.39, 0.29) is 24.5 Å². The summed E-state index contributed by atoms with van der Waals surface area (Å²) < 4.78 is 10.9. The Hall–Kier alpha value is -1.96. The zero-order valence-corrected chi connectivity index (χ0v) is 14.2. The largest absolute Gasteiger partial charge is 0.423 e. The lowest BCUT2D eigenvalue weighted by Crippen LogP contribution is -2.60. The van der Waals surface area contributed by atoms with Crippen LogP contribution in [-0.2, 0) is 20.9 Å². The van der Waals surface area contributed by atoms with Crippen LogP contribution in [0.5, 0.6) is 0 Å². The maximum Gasteiger partial charge on any atom is 0.245 e. The van der Waals surface area contributed by atoms with Crippen molar-refractivity contribution in [3.63, 3.8) is 0 Å². The summed E-state index contributed by atoms with van der Waals surface area (Å²) in [7, 11) is 0. The summed E-state index contributed by atoms with van der Waals surface area (Å²) in [6.45, 7) is 4.50. The lowest BCUT2D eigenvalue weighted by Gasteiger charge is -2.41. The molecule has 2 amide bonds. The van der Waals surface area contributed by atoms with Crippen LogP contribution < -0.4 is 5.32 Å². The second-order valence-corrected chi connectivity index (χ2v) is 6.68. The monoisotopic (exact) mass is 336 g/mol. The minimum atomic E-state index is -0.410. The molecule has 0 bridgehead atoms. The smallest absolute Gasteiger partial charge is 0.245 e. The number of amides is 2. The van der Waals surface area contributed by atoms with Crippen LogP contribution in [0.4, 0.5) is 0 Å². The Bertz CT molecular complexity index is 593. The highest BCUT2D eigenvalue weighted by Gasteiger charge is 2.37. The standard InChI is InChI=1S/C16H24N4O4/c1-10(21)17-14(6-12-4-3-5-12)16(22)20-7-13(8-20)23-9-15-19-18-11(2)24-15/h12-14H,3-9H2,1-2H3,(H,17,21)/t14-/m1/s1. The fourth-order valence-corrected chi connectivity index (χ4v) is 3.06. The molecule has 2 aliphatic rings. The third-order valence-corrected chi connectivity index (χ3v) is 4.64. The number of carbonyl (C=O) groups is 2. The van der Waals surface area contributed by atoms with E-state index in [9.17, 15) is 9.59 Å². The highest BCUT2D eigenvalue weighted by Crippen LogP contribution is 2.31.